The lowest BCUT2D eigenvalue weighted by Crippen LogP contribution is -1.90. The average molecular weight is 565 g/mol. The monoisotopic (exact) mass is 564 g/mol. The van der Waals surface area contributed by atoms with Crippen LogP contribution in [0.2, 0.25) is 0 Å². The summed E-state index contributed by atoms with van der Waals surface area (Å²) in [7, 11) is 0. The summed E-state index contributed by atoms with van der Waals surface area (Å²) in [6.45, 7) is 0. The van der Waals surface area contributed by atoms with Crippen LogP contribution in [0.3, 0.4) is 0 Å². The zero-order valence-electron chi connectivity index (χ0n) is 23.2. The number of hydrogen-bond acceptors (Lipinski definition) is 3. The fourth-order valence-corrected chi connectivity index (χ4v) is 8.01. The predicted molar refractivity (Wildman–Crippen MR) is 184 cm³/mol. The predicted octanol–water partition coefficient (Wildman–Crippen LogP) is 11.3. The van der Waals surface area contributed by atoms with Crippen LogP contribution in [0, 0.1) is 0 Å². The molecule has 9 aromatic rings. The van der Waals surface area contributed by atoms with Gasteiger partial charge in [0.15, 0.2) is 0 Å². The number of aromatic nitrogens is 2. The molecule has 0 radical (unpaired) electrons. The molecule has 2 aromatic heterocycles. The van der Waals surface area contributed by atoms with E-state index in [0.717, 1.165) is 21.8 Å². The van der Waals surface area contributed by atoms with Crippen molar-refractivity contribution in [1.29, 1.82) is 0 Å². The molecule has 0 unspecified atom stereocenters. The Balaban J connectivity index is 1.29. The van der Waals surface area contributed by atoms with Gasteiger partial charge < -0.3 is 0 Å². The lowest BCUT2D eigenvalue weighted by molar-refractivity contribution is 1.31. The molecule has 0 aliphatic rings. The topological polar surface area (TPSA) is 25.8 Å². The molecule has 0 aliphatic heterocycles. The summed E-state index contributed by atoms with van der Waals surface area (Å²) in [6, 6.07) is 48.3. The zero-order valence-corrected chi connectivity index (χ0v) is 24.0. The number of thiophene rings is 1. The van der Waals surface area contributed by atoms with Crippen molar-refractivity contribution in [2.45, 2.75) is 0 Å². The Morgan fingerprint density at radius 2 is 0.907 bits per heavy atom. The Morgan fingerprint density at radius 3 is 1.67 bits per heavy atom. The third-order valence-corrected chi connectivity index (χ3v) is 9.87. The van der Waals surface area contributed by atoms with Gasteiger partial charge in [0.2, 0.25) is 0 Å². The molecule has 0 bridgehead atoms. The van der Waals surface area contributed by atoms with Gasteiger partial charge in [-0.05, 0) is 44.7 Å². The molecule has 9 rings (SSSR count). The highest BCUT2D eigenvalue weighted by molar-refractivity contribution is 7.26. The summed E-state index contributed by atoms with van der Waals surface area (Å²) in [6.07, 6.45) is 3.57. The maximum atomic E-state index is 4.75. The molecule has 43 heavy (non-hydrogen) atoms. The van der Waals surface area contributed by atoms with Crippen molar-refractivity contribution >= 4 is 64.1 Å². The Bertz CT molecular complexity index is 2470. The van der Waals surface area contributed by atoms with E-state index in [0.29, 0.717) is 0 Å². The molecule has 0 N–H and O–H groups in total. The first-order valence-electron chi connectivity index (χ1n) is 14.5. The minimum atomic E-state index is 0.945. The van der Waals surface area contributed by atoms with Gasteiger partial charge in [-0.2, -0.15) is 0 Å². The van der Waals surface area contributed by atoms with Crippen molar-refractivity contribution in [2.75, 3.05) is 0 Å². The Labute approximate surface area is 252 Å². The van der Waals surface area contributed by atoms with Gasteiger partial charge in [0.25, 0.3) is 0 Å². The van der Waals surface area contributed by atoms with E-state index >= 15 is 0 Å². The first-order chi connectivity index (χ1) is 21.3. The summed E-state index contributed by atoms with van der Waals surface area (Å²) in [5, 5.41) is 7.27. The van der Waals surface area contributed by atoms with Crippen LogP contribution >= 0.6 is 11.3 Å². The highest BCUT2D eigenvalue weighted by Crippen LogP contribution is 2.46. The van der Waals surface area contributed by atoms with Crippen molar-refractivity contribution in [2.24, 2.45) is 0 Å². The second-order valence-electron chi connectivity index (χ2n) is 10.9. The van der Waals surface area contributed by atoms with E-state index in [1.54, 1.807) is 12.4 Å². The summed E-state index contributed by atoms with van der Waals surface area (Å²) < 4.78 is 2.65. The molecule has 7 aromatic carbocycles. The number of fused-ring (bicyclic) bond motifs is 9. The Hall–Kier alpha value is -5.38. The standard InChI is InChI=1S/C40H24N2S/c1-2-10-25(11-3-1)28-16-8-18-34-35-19-9-17-33(40(35)43-39(28)34)29-13-5-4-12-27(29)26-20-21-32-36(24-26)30-14-6-7-15-31(30)37-38(32)42-23-22-41-37/h1-24H. The van der Waals surface area contributed by atoms with E-state index in [-0.39, 0.29) is 0 Å². The maximum Gasteiger partial charge on any atom is 0.0971 e. The molecule has 0 spiro atoms. The van der Waals surface area contributed by atoms with Crippen molar-refractivity contribution < 1.29 is 0 Å². The van der Waals surface area contributed by atoms with E-state index < -0.39 is 0 Å². The van der Waals surface area contributed by atoms with E-state index in [2.05, 4.69) is 133 Å². The van der Waals surface area contributed by atoms with Gasteiger partial charge in [0, 0.05) is 48.9 Å². The fraction of sp³-hybridized carbons (Fsp3) is 0. The lowest BCUT2D eigenvalue weighted by Gasteiger charge is -2.14. The first kappa shape index (κ1) is 24.2. The number of rotatable bonds is 3. The third-order valence-electron chi connectivity index (χ3n) is 8.58. The van der Waals surface area contributed by atoms with E-state index in [9.17, 15) is 0 Å². The second-order valence-corrected chi connectivity index (χ2v) is 12.0. The van der Waals surface area contributed by atoms with Gasteiger partial charge in [-0.3, -0.25) is 9.97 Å². The molecule has 2 heterocycles. The smallest absolute Gasteiger partial charge is 0.0971 e. The molecular formula is C40H24N2S. The highest BCUT2D eigenvalue weighted by Gasteiger charge is 2.17. The Morgan fingerprint density at radius 1 is 0.349 bits per heavy atom. The fourth-order valence-electron chi connectivity index (χ4n) is 6.64. The minimum Gasteiger partial charge on any atom is -0.252 e. The molecule has 0 amide bonds. The van der Waals surface area contributed by atoms with Crippen LogP contribution in [0.1, 0.15) is 0 Å². The van der Waals surface area contributed by atoms with Crippen LogP contribution in [0.15, 0.2) is 146 Å². The molecule has 2 nitrogen and oxygen atoms in total. The van der Waals surface area contributed by atoms with Crippen LogP contribution in [-0.2, 0) is 0 Å². The quantitative estimate of drug-likeness (QED) is 0.199. The van der Waals surface area contributed by atoms with Gasteiger partial charge in [0.1, 0.15) is 0 Å². The summed E-state index contributed by atoms with van der Waals surface area (Å²) >= 11 is 1.90. The average Bonchev–Trinajstić information content (AvgIpc) is 3.48. The van der Waals surface area contributed by atoms with E-state index in [1.165, 1.54) is 64.3 Å². The molecule has 200 valence electrons. The minimum absolute atomic E-state index is 0.945. The number of hydrogen-bond donors (Lipinski definition) is 0. The van der Waals surface area contributed by atoms with Crippen molar-refractivity contribution in [3.63, 3.8) is 0 Å². The van der Waals surface area contributed by atoms with E-state index in [4.69, 9.17) is 9.97 Å². The van der Waals surface area contributed by atoms with E-state index in [1.807, 2.05) is 11.3 Å². The summed E-state index contributed by atoms with van der Waals surface area (Å²) in [5.41, 5.74) is 9.36. The van der Waals surface area contributed by atoms with Crippen LogP contribution in [0.25, 0.3) is 86.1 Å². The molecule has 3 heteroatoms. The van der Waals surface area contributed by atoms with Gasteiger partial charge >= 0.3 is 0 Å². The van der Waals surface area contributed by atoms with Crippen molar-refractivity contribution in [1.82, 2.24) is 9.97 Å². The van der Waals surface area contributed by atoms with Crippen LogP contribution in [0.4, 0.5) is 0 Å². The normalized spacial score (nSPS) is 11.7. The molecule has 0 fully saturated rings. The molecular weight excluding hydrogens is 541 g/mol. The highest BCUT2D eigenvalue weighted by atomic mass is 32.1. The van der Waals surface area contributed by atoms with Gasteiger partial charge in [-0.15, -0.1) is 11.3 Å². The van der Waals surface area contributed by atoms with Crippen LogP contribution < -0.4 is 0 Å². The number of benzene rings is 7. The number of nitrogens with zero attached hydrogens (tertiary/aromatic N) is 2. The Kier molecular flexibility index (Phi) is 5.40. The molecule has 0 aliphatic carbocycles. The molecule has 0 saturated heterocycles. The van der Waals surface area contributed by atoms with Gasteiger partial charge in [0.05, 0.1) is 11.0 Å². The molecule has 0 atom stereocenters. The molecule has 0 saturated carbocycles. The lowest BCUT2D eigenvalue weighted by atomic mass is 9.91. The van der Waals surface area contributed by atoms with Gasteiger partial charge in [-0.25, -0.2) is 0 Å². The summed E-state index contributed by atoms with van der Waals surface area (Å²) in [5.74, 6) is 0. The zero-order chi connectivity index (χ0) is 28.3. The SMILES string of the molecule is c1ccc(-c2cccc3c2sc2c(-c4ccccc4-c4ccc5c(c4)c4ccccc4c4nccnc54)cccc23)cc1. The maximum absolute atomic E-state index is 4.75. The first-order valence-corrected chi connectivity index (χ1v) is 15.3. The van der Waals surface area contributed by atoms with Gasteiger partial charge in [-0.1, -0.05) is 127 Å². The van der Waals surface area contributed by atoms with Crippen LogP contribution in [0.5, 0.6) is 0 Å². The van der Waals surface area contributed by atoms with Crippen molar-refractivity contribution in [3.05, 3.63) is 146 Å². The van der Waals surface area contributed by atoms with Crippen molar-refractivity contribution in [3.8, 4) is 33.4 Å². The largest absolute Gasteiger partial charge is 0.252 e. The third kappa shape index (κ3) is 3.72. The second kappa shape index (κ2) is 9.59. The van der Waals surface area contributed by atoms with Crippen LogP contribution in [-0.4, -0.2) is 9.97 Å². The summed E-state index contributed by atoms with van der Waals surface area (Å²) in [4.78, 5) is 9.45.